The minimum Gasteiger partial charge on any atom is -0.465 e. The maximum absolute atomic E-state index is 12.2. The van der Waals surface area contributed by atoms with Crippen molar-refractivity contribution in [2.75, 3.05) is 13.7 Å². The van der Waals surface area contributed by atoms with Crippen LogP contribution in [0.2, 0.25) is 0 Å². The minimum atomic E-state index is -0.433. The third-order valence-electron chi connectivity index (χ3n) is 3.38. The topological polar surface area (TPSA) is 64.6 Å². The molecule has 0 aliphatic carbocycles. The second-order valence-corrected chi connectivity index (χ2v) is 6.24. The fourth-order valence-electron chi connectivity index (χ4n) is 2.13. The molecule has 0 fully saturated rings. The largest absolute Gasteiger partial charge is 0.465 e. The molecule has 0 saturated heterocycles. The van der Waals surface area contributed by atoms with E-state index in [4.69, 9.17) is 4.74 Å². The van der Waals surface area contributed by atoms with Crippen LogP contribution in [0.4, 0.5) is 0 Å². The third-order valence-corrected chi connectivity index (χ3v) is 4.44. The van der Waals surface area contributed by atoms with Crippen LogP contribution in [0.15, 0.2) is 36.4 Å². The standard InChI is InChI=1S/C18H21NO4S/c1-3-10-23-12-14-7-5-4-6-13(14)11-19-17(20)15-8-9-16(24-15)18(21)22-2/h4-9H,3,10-12H2,1-2H3,(H,19,20). The van der Waals surface area contributed by atoms with Gasteiger partial charge in [-0.25, -0.2) is 4.79 Å². The lowest BCUT2D eigenvalue weighted by atomic mass is 10.1. The SMILES string of the molecule is CCCOCc1ccccc1CNC(=O)c1ccc(C(=O)OC)s1. The first kappa shape index (κ1) is 18.2. The van der Waals surface area contributed by atoms with Crippen LogP contribution in [-0.4, -0.2) is 25.6 Å². The lowest BCUT2D eigenvalue weighted by Gasteiger charge is -2.10. The van der Waals surface area contributed by atoms with E-state index in [1.807, 2.05) is 24.3 Å². The zero-order valence-corrected chi connectivity index (χ0v) is 14.7. The molecular weight excluding hydrogens is 326 g/mol. The van der Waals surface area contributed by atoms with Gasteiger partial charge in [0.15, 0.2) is 0 Å². The van der Waals surface area contributed by atoms with Crippen LogP contribution in [0.1, 0.15) is 43.8 Å². The Morgan fingerprint density at radius 3 is 2.50 bits per heavy atom. The molecule has 1 aromatic heterocycles. The second-order valence-electron chi connectivity index (χ2n) is 5.16. The Balaban J connectivity index is 1.96. The molecule has 1 heterocycles. The number of rotatable bonds is 8. The molecule has 0 aliphatic rings. The summed E-state index contributed by atoms with van der Waals surface area (Å²) in [5.74, 6) is -0.642. The second kappa shape index (κ2) is 9.20. The van der Waals surface area contributed by atoms with Gasteiger partial charge in [0, 0.05) is 13.2 Å². The van der Waals surface area contributed by atoms with Crippen molar-refractivity contribution in [2.24, 2.45) is 0 Å². The molecule has 6 heteroatoms. The number of carbonyl (C=O) groups is 2. The fraction of sp³-hybridized carbons (Fsp3) is 0.333. The molecule has 0 bridgehead atoms. The average molecular weight is 347 g/mol. The quantitative estimate of drug-likeness (QED) is 0.587. The molecule has 0 unspecified atom stereocenters. The molecule has 0 aliphatic heterocycles. The first-order valence-electron chi connectivity index (χ1n) is 7.76. The van der Waals surface area contributed by atoms with Crippen molar-refractivity contribution in [1.29, 1.82) is 0 Å². The molecule has 2 aromatic rings. The van der Waals surface area contributed by atoms with E-state index in [9.17, 15) is 9.59 Å². The van der Waals surface area contributed by atoms with Gasteiger partial charge in [-0.15, -0.1) is 11.3 Å². The van der Waals surface area contributed by atoms with Crippen LogP contribution < -0.4 is 5.32 Å². The van der Waals surface area contributed by atoms with Crippen molar-refractivity contribution in [3.63, 3.8) is 0 Å². The van der Waals surface area contributed by atoms with Crippen molar-refractivity contribution in [2.45, 2.75) is 26.5 Å². The molecule has 2 rings (SSSR count). The molecule has 1 aromatic carbocycles. The van der Waals surface area contributed by atoms with Crippen LogP contribution in [0.25, 0.3) is 0 Å². The molecule has 128 valence electrons. The Hall–Kier alpha value is -2.18. The van der Waals surface area contributed by atoms with Crippen LogP contribution in [0, 0.1) is 0 Å². The summed E-state index contributed by atoms with van der Waals surface area (Å²) in [6.07, 6.45) is 0.972. The Labute approximate surface area is 145 Å². The van der Waals surface area contributed by atoms with Gasteiger partial charge >= 0.3 is 5.97 Å². The summed E-state index contributed by atoms with van der Waals surface area (Å²) >= 11 is 1.12. The van der Waals surface area contributed by atoms with E-state index in [1.165, 1.54) is 7.11 Å². The normalized spacial score (nSPS) is 10.4. The summed E-state index contributed by atoms with van der Waals surface area (Å²) in [7, 11) is 1.32. The number of benzene rings is 1. The fourth-order valence-corrected chi connectivity index (χ4v) is 2.97. The van der Waals surface area contributed by atoms with Crippen molar-refractivity contribution < 1.29 is 19.1 Å². The predicted octanol–water partition coefficient (Wildman–Crippen LogP) is 3.39. The Morgan fingerprint density at radius 2 is 1.79 bits per heavy atom. The highest BCUT2D eigenvalue weighted by Crippen LogP contribution is 2.18. The smallest absolute Gasteiger partial charge is 0.348 e. The van der Waals surface area contributed by atoms with Crippen molar-refractivity contribution in [1.82, 2.24) is 5.32 Å². The number of methoxy groups -OCH3 is 1. The summed E-state index contributed by atoms with van der Waals surface area (Å²) in [5, 5.41) is 2.88. The first-order valence-corrected chi connectivity index (χ1v) is 8.58. The highest BCUT2D eigenvalue weighted by molar-refractivity contribution is 7.15. The van der Waals surface area contributed by atoms with Gasteiger partial charge in [-0.1, -0.05) is 31.2 Å². The number of thiophene rings is 1. The summed E-state index contributed by atoms with van der Waals surface area (Å²) in [5.41, 5.74) is 2.08. The maximum atomic E-state index is 12.2. The number of carbonyl (C=O) groups excluding carboxylic acids is 2. The third kappa shape index (κ3) is 4.91. The molecule has 0 radical (unpaired) electrons. The monoisotopic (exact) mass is 347 g/mol. The van der Waals surface area contributed by atoms with Crippen LogP contribution in [0.5, 0.6) is 0 Å². The molecule has 0 saturated carbocycles. The zero-order valence-electron chi connectivity index (χ0n) is 13.8. The molecule has 0 atom stereocenters. The maximum Gasteiger partial charge on any atom is 0.348 e. The molecular formula is C18H21NO4S. The van der Waals surface area contributed by atoms with Gasteiger partial charge in [0.2, 0.25) is 0 Å². The van der Waals surface area contributed by atoms with E-state index in [1.54, 1.807) is 12.1 Å². The van der Waals surface area contributed by atoms with Crippen molar-refractivity contribution in [3.05, 3.63) is 57.3 Å². The summed E-state index contributed by atoms with van der Waals surface area (Å²) in [6, 6.07) is 11.1. The minimum absolute atomic E-state index is 0.209. The molecule has 0 spiro atoms. The van der Waals surface area contributed by atoms with E-state index in [2.05, 4.69) is 17.0 Å². The van der Waals surface area contributed by atoms with Gasteiger partial charge < -0.3 is 14.8 Å². The number of amides is 1. The number of nitrogens with one attached hydrogen (secondary N) is 1. The highest BCUT2D eigenvalue weighted by atomic mass is 32.1. The number of esters is 1. The van der Waals surface area contributed by atoms with Crippen LogP contribution in [0.3, 0.4) is 0 Å². The zero-order chi connectivity index (χ0) is 17.4. The lowest BCUT2D eigenvalue weighted by Crippen LogP contribution is -2.22. The van der Waals surface area contributed by atoms with E-state index < -0.39 is 5.97 Å². The van der Waals surface area contributed by atoms with Crippen molar-refractivity contribution >= 4 is 23.2 Å². The summed E-state index contributed by atoms with van der Waals surface area (Å²) in [4.78, 5) is 24.6. The van der Waals surface area contributed by atoms with Gasteiger partial charge in [-0.3, -0.25) is 4.79 Å². The van der Waals surface area contributed by atoms with E-state index in [0.29, 0.717) is 29.5 Å². The Kier molecular flexibility index (Phi) is 6.96. The van der Waals surface area contributed by atoms with Crippen molar-refractivity contribution in [3.8, 4) is 0 Å². The van der Waals surface area contributed by atoms with Gasteiger partial charge in [-0.2, -0.15) is 0 Å². The Bertz CT molecular complexity index is 696. The predicted molar refractivity (Wildman–Crippen MR) is 93.2 cm³/mol. The molecule has 1 amide bonds. The molecule has 24 heavy (non-hydrogen) atoms. The Morgan fingerprint density at radius 1 is 1.08 bits per heavy atom. The van der Waals surface area contributed by atoms with Gasteiger partial charge in [-0.05, 0) is 29.7 Å². The van der Waals surface area contributed by atoms with E-state index in [-0.39, 0.29) is 5.91 Å². The summed E-state index contributed by atoms with van der Waals surface area (Å²) in [6.45, 7) is 3.73. The number of hydrogen-bond donors (Lipinski definition) is 1. The number of hydrogen-bond acceptors (Lipinski definition) is 5. The summed E-state index contributed by atoms with van der Waals surface area (Å²) < 4.78 is 10.2. The lowest BCUT2D eigenvalue weighted by molar-refractivity contribution is 0.0606. The van der Waals surface area contributed by atoms with Crippen LogP contribution in [-0.2, 0) is 22.6 Å². The van der Waals surface area contributed by atoms with Gasteiger partial charge in [0.25, 0.3) is 5.91 Å². The van der Waals surface area contributed by atoms with Gasteiger partial charge in [0.1, 0.15) is 4.88 Å². The van der Waals surface area contributed by atoms with Gasteiger partial charge in [0.05, 0.1) is 18.6 Å². The number of ether oxygens (including phenoxy) is 2. The average Bonchev–Trinajstić information content (AvgIpc) is 3.10. The van der Waals surface area contributed by atoms with E-state index >= 15 is 0 Å². The molecule has 1 N–H and O–H groups in total. The molecule has 5 nitrogen and oxygen atoms in total. The first-order chi connectivity index (χ1) is 11.7. The highest BCUT2D eigenvalue weighted by Gasteiger charge is 2.14. The van der Waals surface area contributed by atoms with E-state index in [0.717, 1.165) is 28.9 Å². The van der Waals surface area contributed by atoms with Crippen LogP contribution >= 0.6 is 11.3 Å².